The van der Waals surface area contributed by atoms with E-state index in [1.807, 2.05) is 0 Å². The summed E-state index contributed by atoms with van der Waals surface area (Å²) in [6.45, 7) is 0. The van der Waals surface area contributed by atoms with E-state index in [-0.39, 0.29) is 0 Å². The van der Waals surface area contributed by atoms with E-state index in [2.05, 4.69) is 36.8 Å². The van der Waals surface area contributed by atoms with Gasteiger partial charge in [0.2, 0.25) is 5.88 Å². The molecule has 0 fully saturated rings. The number of methoxy groups -OCH3 is 1. The summed E-state index contributed by atoms with van der Waals surface area (Å²) in [6.07, 6.45) is 0. The molecule has 0 atom stereocenters. The molecule has 2 nitrogen and oxygen atoms in total. The van der Waals surface area contributed by atoms with Crippen molar-refractivity contribution in [3.63, 3.8) is 0 Å². The lowest BCUT2D eigenvalue weighted by Gasteiger charge is -2.02. The van der Waals surface area contributed by atoms with Crippen LogP contribution in [0.15, 0.2) is 15.0 Å². The second-order valence-corrected chi connectivity index (χ2v) is 3.82. The fraction of sp³-hybridized carbons (Fsp3) is 0.167. The first-order valence-corrected chi connectivity index (χ1v) is 4.67. The molecule has 0 radical (unpaired) electrons. The van der Waals surface area contributed by atoms with Gasteiger partial charge in [-0.25, -0.2) is 0 Å². The van der Waals surface area contributed by atoms with Gasteiger partial charge >= 0.3 is 0 Å². The second kappa shape index (κ2) is 3.74. The Morgan fingerprint density at radius 3 is 2.64 bits per heavy atom. The van der Waals surface area contributed by atoms with Gasteiger partial charge in [0, 0.05) is 0 Å². The highest BCUT2D eigenvalue weighted by molar-refractivity contribution is 9.11. The van der Waals surface area contributed by atoms with Crippen molar-refractivity contribution in [1.82, 2.24) is 4.98 Å². The maximum atomic E-state index is 5.71. The van der Waals surface area contributed by atoms with Gasteiger partial charge in [-0.2, -0.15) is 4.98 Å². The van der Waals surface area contributed by atoms with Gasteiger partial charge in [-0.05, 0) is 37.9 Å². The minimum atomic E-state index is 0.394. The first-order chi connectivity index (χ1) is 5.15. The number of hydrogen-bond donors (Lipinski definition) is 0. The Balaban J connectivity index is 3.21. The summed E-state index contributed by atoms with van der Waals surface area (Å²) in [4.78, 5) is 3.94. The lowest BCUT2D eigenvalue weighted by Crippen LogP contribution is -1.89. The third-order valence-electron chi connectivity index (χ3n) is 1.05. The summed E-state index contributed by atoms with van der Waals surface area (Å²) in [5.41, 5.74) is 0. The predicted molar refractivity (Wildman–Crippen MR) is 51.2 cm³/mol. The average Bonchev–Trinajstić information content (AvgIpc) is 1.97. The molecular formula is C6H4Br2ClNO. The van der Waals surface area contributed by atoms with Crippen molar-refractivity contribution < 1.29 is 4.74 Å². The minimum Gasteiger partial charge on any atom is -0.480 e. The van der Waals surface area contributed by atoms with E-state index in [4.69, 9.17) is 16.3 Å². The molecular weight excluding hydrogens is 297 g/mol. The average molecular weight is 301 g/mol. The molecule has 1 heterocycles. The lowest BCUT2D eigenvalue weighted by molar-refractivity contribution is 0.395. The molecule has 60 valence electrons. The van der Waals surface area contributed by atoms with Gasteiger partial charge in [0.1, 0.15) is 5.15 Å². The van der Waals surface area contributed by atoms with Crippen molar-refractivity contribution in [3.8, 4) is 5.88 Å². The number of pyridine rings is 1. The van der Waals surface area contributed by atoms with Crippen molar-refractivity contribution in [2.45, 2.75) is 0 Å². The number of rotatable bonds is 1. The largest absolute Gasteiger partial charge is 0.480 e. The normalized spacial score (nSPS) is 9.82. The molecule has 0 aliphatic rings. The van der Waals surface area contributed by atoms with Crippen LogP contribution >= 0.6 is 43.5 Å². The molecule has 1 aromatic rings. The molecule has 0 aromatic carbocycles. The van der Waals surface area contributed by atoms with Crippen LogP contribution in [0.2, 0.25) is 5.15 Å². The summed E-state index contributed by atoms with van der Waals surface area (Å²) in [7, 11) is 1.54. The summed E-state index contributed by atoms with van der Waals surface area (Å²) >= 11 is 12.2. The number of halogens is 3. The highest BCUT2D eigenvalue weighted by Gasteiger charge is 2.05. The van der Waals surface area contributed by atoms with Crippen LogP contribution in [0.1, 0.15) is 0 Å². The van der Waals surface area contributed by atoms with Crippen molar-refractivity contribution in [2.24, 2.45) is 0 Å². The molecule has 0 N–H and O–H groups in total. The monoisotopic (exact) mass is 299 g/mol. The molecule has 0 unspecified atom stereocenters. The van der Waals surface area contributed by atoms with E-state index in [1.54, 1.807) is 6.07 Å². The molecule has 5 heteroatoms. The number of aromatic nitrogens is 1. The third-order valence-corrected chi connectivity index (χ3v) is 2.74. The highest BCUT2D eigenvalue weighted by Crippen LogP contribution is 2.30. The Labute approximate surface area is 86.2 Å². The van der Waals surface area contributed by atoms with E-state index in [1.165, 1.54) is 7.11 Å². The second-order valence-electron chi connectivity index (χ2n) is 1.75. The lowest BCUT2D eigenvalue weighted by atomic mass is 10.5. The Bertz CT molecular complexity index is 280. The first-order valence-electron chi connectivity index (χ1n) is 2.70. The van der Waals surface area contributed by atoms with Crippen LogP contribution < -0.4 is 4.74 Å². The van der Waals surface area contributed by atoms with E-state index in [0.29, 0.717) is 11.0 Å². The van der Waals surface area contributed by atoms with E-state index in [0.717, 1.165) is 8.95 Å². The van der Waals surface area contributed by atoms with Gasteiger partial charge in [-0.3, -0.25) is 0 Å². The number of nitrogens with zero attached hydrogens (tertiary/aromatic N) is 1. The van der Waals surface area contributed by atoms with Crippen LogP contribution in [0.3, 0.4) is 0 Å². The molecule has 11 heavy (non-hydrogen) atoms. The van der Waals surface area contributed by atoms with Crippen molar-refractivity contribution in [2.75, 3.05) is 7.11 Å². The van der Waals surface area contributed by atoms with Crippen LogP contribution in [-0.4, -0.2) is 12.1 Å². The van der Waals surface area contributed by atoms with Crippen LogP contribution in [0.25, 0.3) is 0 Å². The molecule has 1 aromatic heterocycles. The Morgan fingerprint density at radius 2 is 2.09 bits per heavy atom. The van der Waals surface area contributed by atoms with E-state index >= 15 is 0 Å². The van der Waals surface area contributed by atoms with Gasteiger partial charge in [0.25, 0.3) is 0 Å². The van der Waals surface area contributed by atoms with Gasteiger partial charge in [-0.15, -0.1) is 0 Å². The molecule has 0 aliphatic carbocycles. The van der Waals surface area contributed by atoms with E-state index in [9.17, 15) is 0 Å². The van der Waals surface area contributed by atoms with Crippen LogP contribution in [-0.2, 0) is 0 Å². The fourth-order valence-corrected chi connectivity index (χ4v) is 1.81. The summed E-state index contributed by atoms with van der Waals surface area (Å²) in [5.74, 6) is 0.484. The van der Waals surface area contributed by atoms with Gasteiger partial charge < -0.3 is 4.74 Å². The van der Waals surface area contributed by atoms with E-state index < -0.39 is 0 Å². The summed E-state index contributed by atoms with van der Waals surface area (Å²) < 4.78 is 6.43. The molecule has 0 aliphatic heterocycles. The fourth-order valence-electron chi connectivity index (χ4n) is 0.572. The molecule has 0 saturated heterocycles. The van der Waals surface area contributed by atoms with Gasteiger partial charge in [-0.1, -0.05) is 11.6 Å². The Hall–Kier alpha value is 0.200. The maximum absolute atomic E-state index is 5.71. The molecule has 0 spiro atoms. The molecule has 1 rings (SSSR count). The topological polar surface area (TPSA) is 22.1 Å². The highest BCUT2D eigenvalue weighted by atomic mass is 79.9. The Kier molecular flexibility index (Phi) is 3.16. The van der Waals surface area contributed by atoms with Crippen molar-refractivity contribution in [1.29, 1.82) is 0 Å². The van der Waals surface area contributed by atoms with Crippen LogP contribution in [0, 0.1) is 0 Å². The zero-order valence-corrected chi connectivity index (χ0v) is 9.49. The number of hydrogen-bond acceptors (Lipinski definition) is 2. The van der Waals surface area contributed by atoms with Gasteiger partial charge in [0.15, 0.2) is 0 Å². The minimum absolute atomic E-state index is 0.394. The predicted octanol–water partition coefficient (Wildman–Crippen LogP) is 3.27. The molecule has 0 bridgehead atoms. The zero-order valence-electron chi connectivity index (χ0n) is 5.57. The molecule has 0 amide bonds. The third kappa shape index (κ3) is 2.07. The van der Waals surface area contributed by atoms with Crippen molar-refractivity contribution in [3.05, 3.63) is 20.2 Å². The SMILES string of the molecule is COc1nc(Cl)c(Br)cc1Br. The number of ether oxygens (including phenoxy) is 1. The van der Waals surface area contributed by atoms with Crippen LogP contribution in [0.4, 0.5) is 0 Å². The van der Waals surface area contributed by atoms with Crippen molar-refractivity contribution >= 4 is 43.5 Å². The first kappa shape index (κ1) is 9.29. The summed E-state index contributed by atoms with van der Waals surface area (Å²) in [5, 5.41) is 0.394. The van der Waals surface area contributed by atoms with Gasteiger partial charge in [0.05, 0.1) is 16.1 Å². The standard InChI is InChI=1S/C6H4Br2ClNO/c1-11-6-4(8)2-3(7)5(9)10-6/h2H,1H3. The summed E-state index contributed by atoms with van der Waals surface area (Å²) in [6, 6.07) is 1.79. The Morgan fingerprint density at radius 1 is 1.45 bits per heavy atom. The quantitative estimate of drug-likeness (QED) is 0.743. The van der Waals surface area contributed by atoms with Crippen LogP contribution in [0.5, 0.6) is 5.88 Å². The maximum Gasteiger partial charge on any atom is 0.229 e. The zero-order chi connectivity index (χ0) is 8.43. The molecule has 0 saturated carbocycles. The smallest absolute Gasteiger partial charge is 0.229 e.